The minimum Gasteiger partial charge on any atom is -0.436 e. The fraction of sp³-hybridized carbons (Fsp3) is 0.462. The molecule has 0 bridgehead atoms. The van der Waals surface area contributed by atoms with Crippen molar-refractivity contribution in [3.63, 3.8) is 0 Å². The normalized spacial score (nSPS) is 14.6. The topological polar surface area (TPSA) is 90.9 Å². The van der Waals surface area contributed by atoms with Crippen LogP contribution in [0.15, 0.2) is 18.5 Å². The molecule has 7 nitrogen and oxygen atoms in total. The minimum atomic E-state index is 0.293. The Morgan fingerprint density at radius 2 is 2.20 bits per heavy atom. The summed E-state index contributed by atoms with van der Waals surface area (Å²) in [6.45, 7) is 4.12. The van der Waals surface area contributed by atoms with E-state index in [1.807, 2.05) is 10.9 Å². The molecular formula is C13H18N6O. The van der Waals surface area contributed by atoms with Gasteiger partial charge in [0.25, 0.3) is 0 Å². The van der Waals surface area contributed by atoms with Gasteiger partial charge < -0.3 is 10.2 Å². The maximum atomic E-state index is 5.74. The maximum absolute atomic E-state index is 5.74. The molecule has 0 atom stereocenters. The smallest absolute Gasteiger partial charge is 0.224 e. The summed E-state index contributed by atoms with van der Waals surface area (Å²) in [5, 5.41) is 4.23. The van der Waals surface area contributed by atoms with Crippen LogP contribution in [0.5, 0.6) is 11.6 Å². The summed E-state index contributed by atoms with van der Waals surface area (Å²) in [5.41, 5.74) is 2.55. The van der Waals surface area contributed by atoms with E-state index in [0.717, 1.165) is 18.7 Å². The molecule has 0 radical (unpaired) electrons. The number of hydrogen-bond donors (Lipinski definition) is 2. The van der Waals surface area contributed by atoms with E-state index in [4.69, 9.17) is 10.6 Å². The highest BCUT2D eigenvalue weighted by Crippen LogP contribution is 2.39. The lowest BCUT2D eigenvalue weighted by molar-refractivity contribution is 0.455. The molecule has 1 aliphatic carbocycles. The molecule has 1 saturated carbocycles. The van der Waals surface area contributed by atoms with Crippen LogP contribution in [0.25, 0.3) is 0 Å². The molecule has 7 heteroatoms. The quantitative estimate of drug-likeness (QED) is 0.641. The summed E-state index contributed by atoms with van der Waals surface area (Å²) in [6.07, 6.45) is 5.77. The van der Waals surface area contributed by atoms with Gasteiger partial charge in [-0.2, -0.15) is 10.1 Å². The van der Waals surface area contributed by atoms with E-state index < -0.39 is 0 Å². The second-order valence-electron chi connectivity index (χ2n) is 5.22. The Kier molecular flexibility index (Phi) is 3.27. The Balaban J connectivity index is 1.83. The van der Waals surface area contributed by atoms with Crippen molar-refractivity contribution in [2.45, 2.75) is 38.6 Å². The Morgan fingerprint density at radius 3 is 2.80 bits per heavy atom. The predicted octanol–water partition coefficient (Wildman–Crippen LogP) is 2.21. The lowest BCUT2D eigenvalue weighted by Gasteiger charge is -2.07. The van der Waals surface area contributed by atoms with Crippen molar-refractivity contribution < 1.29 is 4.74 Å². The van der Waals surface area contributed by atoms with Crippen molar-refractivity contribution in [3.05, 3.63) is 24.3 Å². The van der Waals surface area contributed by atoms with E-state index in [2.05, 4.69) is 34.3 Å². The summed E-state index contributed by atoms with van der Waals surface area (Å²) in [5.74, 6) is 8.35. The van der Waals surface area contributed by atoms with Gasteiger partial charge in [-0.25, -0.2) is 10.8 Å². The monoisotopic (exact) mass is 274 g/mol. The zero-order valence-corrected chi connectivity index (χ0v) is 11.6. The van der Waals surface area contributed by atoms with Gasteiger partial charge >= 0.3 is 0 Å². The van der Waals surface area contributed by atoms with Crippen LogP contribution in [0.2, 0.25) is 0 Å². The van der Waals surface area contributed by atoms with Crippen LogP contribution in [0.3, 0.4) is 0 Å². The molecule has 0 saturated heterocycles. The van der Waals surface area contributed by atoms with Gasteiger partial charge in [-0.05, 0) is 26.7 Å². The first kappa shape index (κ1) is 12.9. The van der Waals surface area contributed by atoms with Crippen LogP contribution in [-0.4, -0.2) is 19.7 Å². The zero-order chi connectivity index (χ0) is 14.1. The molecule has 1 fully saturated rings. The van der Waals surface area contributed by atoms with Crippen molar-refractivity contribution in [1.82, 2.24) is 19.7 Å². The summed E-state index contributed by atoms with van der Waals surface area (Å²) < 4.78 is 7.57. The molecular weight excluding hydrogens is 256 g/mol. The van der Waals surface area contributed by atoms with Gasteiger partial charge in [0.05, 0.1) is 12.4 Å². The van der Waals surface area contributed by atoms with Crippen LogP contribution in [-0.2, 0) is 0 Å². The average molecular weight is 274 g/mol. The molecule has 0 aromatic carbocycles. The highest BCUT2D eigenvalue weighted by atomic mass is 16.5. The molecule has 20 heavy (non-hydrogen) atoms. The zero-order valence-electron chi connectivity index (χ0n) is 11.6. The number of hydrazine groups is 1. The number of nitrogens with one attached hydrogen (secondary N) is 1. The van der Waals surface area contributed by atoms with Crippen LogP contribution >= 0.6 is 0 Å². The fourth-order valence-corrected chi connectivity index (χ4v) is 1.87. The van der Waals surface area contributed by atoms with Crippen molar-refractivity contribution in [1.29, 1.82) is 0 Å². The van der Waals surface area contributed by atoms with E-state index in [0.29, 0.717) is 29.4 Å². The number of nitrogens with zero attached hydrogens (tertiary/aromatic N) is 4. The summed E-state index contributed by atoms with van der Waals surface area (Å²) >= 11 is 0. The van der Waals surface area contributed by atoms with E-state index in [1.54, 1.807) is 12.3 Å². The van der Waals surface area contributed by atoms with Crippen molar-refractivity contribution >= 4 is 5.82 Å². The largest absolute Gasteiger partial charge is 0.436 e. The molecule has 0 unspecified atom stereocenters. The Labute approximate surface area is 117 Å². The summed E-state index contributed by atoms with van der Waals surface area (Å²) in [7, 11) is 0. The lowest BCUT2D eigenvalue weighted by Crippen LogP contribution is -2.10. The fourth-order valence-electron chi connectivity index (χ4n) is 1.87. The standard InChI is InChI=1S/C13H18N6O/c1-8(2)19-7-10(6-15-19)20-12-5-11(18-14)16-13(17-12)9-3-4-9/h5-9H,3-4,14H2,1-2H3,(H,16,17,18). The van der Waals surface area contributed by atoms with Crippen LogP contribution in [0.4, 0.5) is 5.82 Å². The van der Waals surface area contributed by atoms with Crippen molar-refractivity contribution in [2.75, 3.05) is 5.43 Å². The summed E-state index contributed by atoms with van der Waals surface area (Å²) in [6, 6.07) is 1.97. The first-order valence-corrected chi connectivity index (χ1v) is 6.73. The number of aromatic nitrogens is 4. The molecule has 0 aliphatic heterocycles. The van der Waals surface area contributed by atoms with Gasteiger partial charge in [-0.3, -0.25) is 4.68 Å². The third-order valence-corrected chi connectivity index (χ3v) is 3.14. The van der Waals surface area contributed by atoms with Gasteiger partial charge in [0, 0.05) is 18.0 Å². The van der Waals surface area contributed by atoms with Crippen LogP contribution in [0, 0.1) is 0 Å². The summed E-state index contributed by atoms with van der Waals surface area (Å²) in [4.78, 5) is 8.77. The Hall–Kier alpha value is -2.15. The van der Waals surface area contributed by atoms with Crippen LogP contribution in [0.1, 0.15) is 44.5 Å². The maximum Gasteiger partial charge on any atom is 0.224 e. The first-order valence-electron chi connectivity index (χ1n) is 6.73. The van der Waals surface area contributed by atoms with Crippen LogP contribution < -0.4 is 16.0 Å². The number of nitrogens with two attached hydrogens (primary N) is 1. The average Bonchev–Trinajstić information content (AvgIpc) is 3.18. The number of anilines is 1. The van der Waals surface area contributed by atoms with E-state index in [-0.39, 0.29) is 0 Å². The number of nitrogen functional groups attached to an aromatic ring is 1. The molecule has 2 aromatic heterocycles. The van der Waals surface area contributed by atoms with E-state index in [1.165, 1.54) is 0 Å². The van der Waals surface area contributed by atoms with Gasteiger partial charge in [0.15, 0.2) is 5.75 Å². The van der Waals surface area contributed by atoms with Gasteiger partial charge in [0.1, 0.15) is 11.6 Å². The van der Waals surface area contributed by atoms with Gasteiger partial charge in [-0.15, -0.1) is 0 Å². The molecule has 2 heterocycles. The molecule has 1 aliphatic rings. The van der Waals surface area contributed by atoms with Gasteiger partial charge in [-0.1, -0.05) is 0 Å². The molecule has 3 N–H and O–H groups in total. The first-order chi connectivity index (χ1) is 9.65. The van der Waals surface area contributed by atoms with Crippen molar-refractivity contribution in [3.8, 4) is 11.6 Å². The Bertz CT molecular complexity index is 605. The third-order valence-electron chi connectivity index (χ3n) is 3.14. The number of rotatable bonds is 5. The van der Waals surface area contributed by atoms with E-state index >= 15 is 0 Å². The third kappa shape index (κ3) is 2.72. The second-order valence-corrected chi connectivity index (χ2v) is 5.22. The van der Waals surface area contributed by atoms with Gasteiger partial charge in [0.2, 0.25) is 5.88 Å². The molecule has 0 amide bonds. The number of hydrogen-bond acceptors (Lipinski definition) is 6. The number of ether oxygens (including phenoxy) is 1. The molecule has 106 valence electrons. The highest BCUT2D eigenvalue weighted by molar-refractivity contribution is 5.39. The molecule has 2 aromatic rings. The Morgan fingerprint density at radius 1 is 1.40 bits per heavy atom. The second kappa shape index (κ2) is 5.09. The lowest BCUT2D eigenvalue weighted by atomic mass is 10.4. The van der Waals surface area contributed by atoms with E-state index in [9.17, 15) is 0 Å². The highest BCUT2D eigenvalue weighted by Gasteiger charge is 2.27. The minimum absolute atomic E-state index is 0.293. The predicted molar refractivity (Wildman–Crippen MR) is 74.5 cm³/mol. The molecule has 0 spiro atoms. The molecule has 3 rings (SSSR count). The van der Waals surface area contributed by atoms with Crippen molar-refractivity contribution in [2.24, 2.45) is 5.84 Å². The SMILES string of the molecule is CC(C)n1cc(Oc2cc(NN)nc(C3CC3)n2)cn1.